The number of ether oxygens (including phenoxy) is 2. The van der Waals surface area contributed by atoms with Crippen molar-refractivity contribution >= 4 is 23.0 Å². The SMILES string of the molecule is OC(c1ccccc1)C1CCN(C(=S)Nc2ccc3c(c2)OCCO3)CC1. The smallest absolute Gasteiger partial charge is 0.173 e. The van der Waals surface area contributed by atoms with Crippen molar-refractivity contribution in [2.24, 2.45) is 5.92 Å². The normalized spacial score (nSPS) is 18.0. The minimum atomic E-state index is -0.410. The van der Waals surface area contributed by atoms with Crippen molar-refractivity contribution in [1.82, 2.24) is 4.90 Å². The summed E-state index contributed by atoms with van der Waals surface area (Å²) in [7, 11) is 0. The minimum Gasteiger partial charge on any atom is -0.486 e. The van der Waals surface area contributed by atoms with Crippen LogP contribution in [0.4, 0.5) is 5.69 Å². The molecule has 0 amide bonds. The zero-order valence-electron chi connectivity index (χ0n) is 15.1. The summed E-state index contributed by atoms with van der Waals surface area (Å²) in [6.07, 6.45) is 1.42. The summed E-state index contributed by atoms with van der Waals surface area (Å²) in [5, 5.41) is 14.6. The lowest BCUT2D eigenvalue weighted by atomic mass is 9.87. The van der Waals surface area contributed by atoms with Crippen molar-refractivity contribution in [3.8, 4) is 11.5 Å². The molecule has 6 heteroatoms. The quantitative estimate of drug-likeness (QED) is 0.789. The van der Waals surface area contributed by atoms with E-state index in [0.717, 1.165) is 48.7 Å². The van der Waals surface area contributed by atoms with E-state index >= 15 is 0 Å². The first-order valence-electron chi connectivity index (χ1n) is 9.39. The molecule has 27 heavy (non-hydrogen) atoms. The lowest BCUT2D eigenvalue weighted by Gasteiger charge is -2.36. The van der Waals surface area contributed by atoms with Gasteiger partial charge < -0.3 is 24.8 Å². The number of rotatable bonds is 3. The molecule has 4 rings (SSSR count). The Morgan fingerprint density at radius 3 is 2.48 bits per heavy atom. The number of fused-ring (bicyclic) bond motifs is 1. The van der Waals surface area contributed by atoms with Crippen molar-refractivity contribution in [2.75, 3.05) is 31.6 Å². The second-order valence-corrected chi connectivity index (χ2v) is 7.36. The Labute approximate surface area is 164 Å². The average Bonchev–Trinajstić information content (AvgIpc) is 2.74. The first kappa shape index (κ1) is 18.1. The van der Waals surface area contributed by atoms with Gasteiger partial charge in [-0.2, -0.15) is 0 Å². The summed E-state index contributed by atoms with van der Waals surface area (Å²) in [6, 6.07) is 15.7. The number of benzene rings is 2. The first-order chi connectivity index (χ1) is 13.2. The molecule has 0 saturated carbocycles. The van der Waals surface area contributed by atoms with Gasteiger partial charge in [-0.1, -0.05) is 30.3 Å². The van der Waals surface area contributed by atoms with Crippen LogP contribution in [0.1, 0.15) is 24.5 Å². The van der Waals surface area contributed by atoms with Crippen molar-refractivity contribution in [3.63, 3.8) is 0 Å². The maximum Gasteiger partial charge on any atom is 0.173 e. The number of aliphatic hydroxyl groups excluding tert-OH is 1. The molecule has 0 aromatic heterocycles. The Bertz CT molecular complexity index is 791. The van der Waals surface area contributed by atoms with E-state index in [4.69, 9.17) is 21.7 Å². The Balaban J connectivity index is 1.32. The van der Waals surface area contributed by atoms with Crippen LogP contribution in [0, 0.1) is 5.92 Å². The number of nitrogens with zero attached hydrogens (tertiary/aromatic N) is 1. The second kappa shape index (κ2) is 8.15. The Morgan fingerprint density at radius 1 is 1.04 bits per heavy atom. The molecule has 2 aromatic carbocycles. The van der Waals surface area contributed by atoms with Gasteiger partial charge in [0.2, 0.25) is 0 Å². The van der Waals surface area contributed by atoms with E-state index < -0.39 is 6.10 Å². The summed E-state index contributed by atoms with van der Waals surface area (Å²) in [5.41, 5.74) is 1.89. The number of anilines is 1. The van der Waals surface area contributed by atoms with Crippen LogP contribution in [0.15, 0.2) is 48.5 Å². The molecule has 142 valence electrons. The third-order valence-electron chi connectivity index (χ3n) is 5.21. The average molecular weight is 385 g/mol. The summed E-state index contributed by atoms with van der Waals surface area (Å²) in [5.74, 6) is 1.79. The zero-order valence-corrected chi connectivity index (χ0v) is 16.0. The second-order valence-electron chi connectivity index (χ2n) is 6.97. The van der Waals surface area contributed by atoms with Crippen LogP contribution >= 0.6 is 12.2 Å². The molecule has 2 aliphatic rings. The molecule has 2 aliphatic heterocycles. The first-order valence-corrected chi connectivity index (χ1v) is 9.80. The largest absolute Gasteiger partial charge is 0.486 e. The van der Waals surface area contributed by atoms with E-state index in [9.17, 15) is 5.11 Å². The molecule has 1 atom stereocenters. The van der Waals surface area contributed by atoms with E-state index in [-0.39, 0.29) is 5.92 Å². The standard InChI is InChI=1S/C21H24N2O3S/c24-20(15-4-2-1-3-5-15)16-8-10-23(11-9-16)21(27)22-17-6-7-18-19(14-17)26-13-12-25-18/h1-7,14,16,20,24H,8-13H2,(H,22,27). The Kier molecular flexibility index (Phi) is 5.45. The van der Waals surface area contributed by atoms with E-state index in [2.05, 4.69) is 10.2 Å². The van der Waals surface area contributed by atoms with Crippen molar-refractivity contribution < 1.29 is 14.6 Å². The van der Waals surface area contributed by atoms with Gasteiger partial charge in [-0.15, -0.1) is 0 Å². The molecule has 1 unspecified atom stereocenters. The van der Waals surface area contributed by atoms with Gasteiger partial charge in [-0.3, -0.25) is 0 Å². The van der Waals surface area contributed by atoms with E-state index in [1.165, 1.54) is 0 Å². The van der Waals surface area contributed by atoms with Gasteiger partial charge in [-0.25, -0.2) is 0 Å². The fraction of sp³-hybridized carbons (Fsp3) is 0.381. The lowest BCUT2D eigenvalue weighted by molar-refractivity contribution is 0.0744. The fourth-order valence-corrected chi connectivity index (χ4v) is 3.96. The van der Waals surface area contributed by atoms with Crippen LogP contribution < -0.4 is 14.8 Å². The van der Waals surface area contributed by atoms with Gasteiger partial charge >= 0.3 is 0 Å². The molecular weight excluding hydrogens is 360 g/mol. The summed E-state index contributed by atoms with van der Waals surface area (Å²) in [4.78, 5) is 2.17. The molecule has 2 heterocycles. The van der Waals surface area contributed by atoms with Crippen LogP contribution in [0.5, 0.6) is 11.5 Å². The molecule has 1 saturated heterocycles. The molecule has 0 spiro atoms. The van der Waals surface area contributed by atoms with Crippen LogP contribution in [0.3, 0.4) is 0 Å². The molecule has 2 aromatic rings. The molecule has 0 bridgehead atoms. The topological polar surface area (TPSA) is 54.0 Å². The van der Waals surface area contributed by atoms with Gasteiger partial charge in [0.15, 0.2) is 16.6 Å². The molecule has 2 N–H and O–H groups in total. The highest BCUT2D eigenvalue weighted by molar-refractivity contribution is 7.80. The van der Waals surface area contributed by atoms with E-state index in [1.807, 2.05) is 48.5 Å². The van der Waals surface area contributed by atoms with Crippen LogP contribution in [0.25, 0.3) is 0 Å². The monoisotopic (exact) mass is 384 g/mol. The van der Waals surface area contributed by atoms with E-state index in [0.29, 0.717) is 18.3 Å². The van der Waals surface area contributed by atoms with Gasteiger partial charge in [-0.05, 0) is 48.7 Å². The van der Waals surface area contributed by atoms with Gasteiger partial charge in [0.05, 0.1) is 6.10 Å². The Hall–Kier alpha value is -2.31. The predicted molar refractivity (Wildman–Crippen MR) is 109 cm³/mol. The number of hydrogen-bond acceptors (Lipinski definition) is 4. The number of thiocarbonyl (C=S) groups is 1. The molecule has 5 nitrogen and oxygen atoms in total. The number of nitrogens with one attached hydrogen (secondary N) is 1. The van der Waals surface area contributed by atoms with E-state index in [1.54, 1.807) is 0 Å². The van der Waals surface area contributed by atoms with Crippen molar-refractivity contribution in [3.05, 3.63) is 54.1 Å². The lowest BCUT2D eigenvalue weighted by Crippen LogP contribution is -2.41. The third kappa shape index (κ3) is 4.17. The minimum absolute atomic E-state index is 0.265. The molecule has 1 fully saturated rings. The zero-order chi connectivity index (χ0) is 18.6. The predicted octanol–water partition coefficient (Wildman–Crippen LogP) is 3.60. The van der Waals surface area contributed by atoms with Gasteiger partial charge in [0.1, 0.15) is 13.2 Å². The summed E-state index contributed by atoms with van der Waals surface area (Å²) in [6.45, 7) is 2.83. The van der Waals surface area contributed by atoms with Crippen LogP contribution in [-0.4, -0.2) is 41.4 Å². The van der Waals surface area contributed by atoms with Crippen molar-refractivity contribution in [2.45, 2.75) is 18.9 Å². The van der Waals surface area contributed by atoms with Crippen LogP contribution in [-0.2, 0) is 0 Å². The fourth-order valence-electron chi connectivity index (χ4n) is 3.66. The van der Waals surface area contributed by atoms with Gasteiger partial charge in [0.25, 0.3) is 0 Å². The number of aliphatic hydroxyl groups is 1. The van der Waals surface area contributed by atoms with Crippen LogP contribution in [0.2, 0.25) is 0 Å². The van der Waals surface area contributed by atoms with Crippen molar-refractivity contribution in [1.29, 1.82) is 0 Å². The molecule has 0 radical (unpaired) electrons. The molecule has 0 aliphatic carbocycles. The molecular formula is C21H24N2O3S. The maximum absolute atomic E-state index is 10.6. The number of hydrogen-bond donors (Lipinski definition) is 2. The number of piperidine rings is 1. The Morgan fingerprint density at radius 2 is 1.74 bits per heavy atom. The highest BCUT2D eigenvalue weighted by Crippen LogP contribution is 2.33. The number of likely N-dealkylation sites (tertiary alicyclic amines) is 1. The highest BCUT2D eigenvalue weighted by Gasteiger charge is 2.27. The summed E-state index contributed by atoms with van der Waals surface area (Å²) >= 11 is 5.59. The van der Waals surface area contributed by atoms with Gasteiger partial charge in [0, 0.05) is 24.8 Å². The third-order valence-corrected chi connectivity index (χ3v) is 5.57. The summed E-state index contributed by atoms with van der Waals surface area (Å²) < 4.78 is 11.2. The highest BCUT2D eigenvalue weighted by atomic mass is 32.1. The maximum atomic E-state index is 10.6.